The average molecular weight is 418 g/mol. The van der Waals surface area contributed by atoms with Gasteiger partial charge in [0.25, 0.3) is 5.69 Å². The maximum atomic E-state index is 13.3. The van der Waals surface area contributed by atoms with Crippen molar-refractivity contribution in [3.63, 3.8) is 0 Å². The van der Waals surface area contributed by atoms with Gasteiger partial charge in [0.05, 0.1) is 10.8 Å². The second kappa shape index (κ2) is 8.98. The largest absolute Gasteiger partial charge is 0.454 e. The van der Waals surface area contributed by atoms with E-state index in [-0.39, 0.29) is 11.3 Å². The second-order valence-electron chi connectivity index (χ2n) is 7.08. The van der Waals surface area contributed by atoms with Crippen LogP contribution in [0.25, 0.3) is 0 Å². The molecule has 0 aromatic heterocycles. The molecule has 0 N–H and O–H groups in total. The number of nitro benzene ring substituents is 1. The number of Topliss-reactive ketones (excluding diaryl/α,β-unsaturated/α-hetero) is 1. The third-order valence-corrected chi connectivity index (χ3v) is 5.11. The molecule has 1 fully saturated rings. The van der Waals surface area contributed by atoms with Crippen LogP contribution in [0.3, 0.4) is 0 Å². The molecule has 1 atom stereocenters. The normalized spacial score (nSPS) is 15.5. The first-order chi connectivity index (χ1) is 14.3. The van der Waals surface area contributed by atoms with E-state index >= 15 is 0 Å². The molecule has 0 aliphatic carbocycles. The van der Waals surface area contributed by atoms with Gasteiger partial charge in [-0.3, -0.25) is 19.7 Å². The van der Waals surface area contributed by atoms with Crippen molar-refractivity contribution in [3.05, 3.63) is 69.8 Å². The Morgan fingerprint density at radius 2 is 1.80 bits per heavy atom. The van der Waals surface area contributed by atoms with Crippen molar-refractivity contribution in [2.45, 2.75) is 25.9 Å². The molecule has 9 heteroatoms. The monoisotopic (exact) mass is 418 g/mol. The summed E-state index contributed by atoms with van der Waals surface area (Å²) in [4.78, 5) is 37.4. The fraction of sp³-hybridized carbons (Fsp3) is 0.333. The third-order valence-electron chi connectivity index (χ3n) is 5.11. The van der Waals surface area contributed by atoms with E-state index in [1.165, 1.54) is 13.0 Å². The molecule has 30 heavy (non-hydrogen) atoms. The van der Waals surface area contributed by atoms with Crippen LogP contribution in [0.15, 0.2) is 42.5 Å². The highest BCUT2D eigenvalue weighted by Gasteiger charge is 2.31. The standard InChI is InChI=1S/C21H20F2N2O5/c1-13(20(26)15-6-7-16(22)17(23)12-15)30-21(27)14-8-10-24(11-9-14)18-4-2-3-5-19(18)25(28)29/h2-7,12-14H,8-11H2,1H3/t13-/m0/s1. The maximum Gasteiger partial charge on any atom is 0.309 e. The first-order valence-electron chi connectivity index (χ1n) is 9.46. The molecular weight excluding hydrogens is 398 g/mol. The van der Waals surface area contributed by atoms with E-state index in [1.54, 1.807) is 18.2 Å². The number of benzene rings is 2. The van der Waals surface area contributed by atoms with Crippen molar-refractivity contribution in [2.75, 3.05) is 18.0 Å². The van der Waals surface area contributed by atoms with Crippen LogP contribution in [0.4, 0.5) is 20.2 Å². The number of ether oxygens (including phenoxy) is 1. The highest BCUT2D eigenvalue weighted by molar-refractivity contribution is 6.00. The summed E-state index contributed by atoms with van der Waals surface area (Å²) in [6, 6.07) is 9.16. The molecule has 158 valence electrons. The van der Waals surface area contributed by atoms with Crippen molar-refractivity contribution in [1.29, 1.82) is 0 Å². The highest BCUT2D eigenvalue weighted by atomic mass is 19.2. The number of para-hydroxylation sites is 2. The minimum Gasteiger partial charge on any atom is -0.454 e. The smallest absolute Gasteiger partial charge is 0.309 e. The van der Waals surface area contributed by atoms with Gasteiger partial charge in [0.15, 0.2) is 17.7 Å². The van der Waals surface area contributed by atoms with Gasteiger partial charge < -0.3 is 9.64 Å². The van der Waals surface area contributed by atoms with Gasteiger partial charge in [-0.2, -0.15) is 0 Å². The number of anilines is 1. The maximum absolute atomic E-state index is 13.3. The van der Waals surface area contributed by atoms with Crippen LogP contribution in [0.2, 0.25) is 0 Å². The Morgan fingerprint density at radius 3 is 2.43 bits per heavy atom. The molecule has 3 rings (SSSR count). The summed E-state index contributed by atoms with van der Waals surface area (Å²) in [5.74, 6) is -3.85. The van der Waals surface area contributed by atoms with Crippen molar-refractivity contribution in [2.24, 2.45) is 5.92 Å². The lowest BCUT2D eigenvalue weighted by Crippen LogP contribution is -2.38. The Hall–Kier alpha value is -3.36. The lowest BCUT2D eigenvalue weighted by atomic mass is 9.96. The first-order valence-corrected chi connectivity index (χ1v) is 9.46. The topological polar surface area (TPSA) is 89.8 Å². The van der Waals surface area contributed by atoms with Crippen molar-refractivity contribution in [1.82, 2.24) is 0 Å². The Labute approximate surface area is 171 Å². The van der Waals surface area contributed by atoms with Crippen LogP contribution in [-0.2, 0) is 9.53 Å². The average Bonchev–Trinajstić information content (AvgIpc) is 2.75. The Bertz CT molecular complexity index is 974. The predicted molar refractivity (Wildman–Crippen MR) is 104 cm³/mol. The first kappa shape index (κ1) is 21.4. The predicted octanol–water partition coefficient (Wildman–Crippen LogP) is 3.90. The van der Waals surface area contributed by atoms with Crippen molar-refractivity contribution < 1.29 is 28.0 Å². The molecule has 0 saturated carbocycles. The number of piperidine rings is 1. The van der Waals surface area contributed by atoms with Crippen LogP contribution >= 0.6 is 0 Å². The highest BCUT2D eigenvalue weighted by Crippen LogP contribution is 2.31. The molecule has 0 spiro atoms. The molecule has 0 unspecified atom stereocenters. The number of hydrogen-bond acceptors (Lipinski definition) is 6. The molecule has 0 radical (unpaired) electrons. The van der Waals surface area contributed by atoms with Crippen molar-refractivity contribution >= 4 is 23.1 Å². The van der Waals surface area contributed by atoms with Gasteiger partial charge in [-0.1, -0.05) is 12.1 Å². The summed E-state index contributed by atoms with van der Waals surface area (Å²) in [6.07, 6.45) is -0.316. The van der Waals surface area contributed by atoms with Gasteiger partial charge in [-0.15, -0.1) is 0 Å². The SMILES string of the molecule is C[C@H](OC(=O)C1CCN(c2ccccc2[N+](=O)[O-])CC1)C(=O)c1ccc(F)c(F)c1. The van der Waals surface area contributed by atoms with E-state index < -0.39 is 40.3 Å². The summed E-state index contributed by atoms with van der Waals surface area (Å²) < 4.78 is 31.6. The van der Waals surface area contributed by atoms with Crippen LogP contribution in [0.1, 0.15) is 30.1 Å². The van der Waals surface area contributed by atoms with Crippen LogP contribution in [-0.4, -0.2) is 35.9 Å². The molecule has 2 aromatic rings. The Morgan fingerprint density at radius 1 is 1.13 bits per heavy atom. The zero-order valence-corrected chi connectivity index (χ0v) is 16.2. The van der Waals surface area contributed by atoms with E-state index in [0.717, 1.165) is 18.2 Å². The number of ketones is 1. The van der Waals surface area contributed by atoms with E-state index in [9.17, 15) is 28.5 Å². The van der Waals surface area contributed by atoms with E-state index in [4.69, 9.17) is 4.74 Å². The molecule has 1 aliphatic heterocycles. The molecule has 1 saturated heterocycles. The summed E-state index contributed by atoms with van der Waals surface area (Å²) in [6.45, 7) is 2.23. The lowest BCUT2D eigenvalue weighted by molar-refractivity contribution is -0.384. The number of rotatable bonds is 6. The number of carbonyl (C=O) groups is 2. The van der Waals surface area contributed by atoms with E-state index in [1.807, 2.05) is 4.90 Å². The molecule has 0 amide bonds. The Kier molecular flexibility index (Phi) is 6.39. The van der Waals surface area contributed by atoms with E-state index in [2.05, 4.69) is 0 Å². The quantitative estimate of drug-likeness (QED) is 0.306. The van der Waals surface area contributed by atoms with E-state index in [0.29, 0.717) is 31.6 Å². The van der Waals surface area contributed by atoms with Gasteiger partial charge in [0, 0.05) is 24.7 Å². The second-order valence-corrected chi connectivity index (χ2v) is 7.08. The fourth-order valence-electron chi connectivity index (χ4n) is 3.45. The third kappa shape index (κ3) is 4.61. The molecular formula is C21H20F2N2O5. The summed E-state index contributed by atoms with van der Waals surface area (Å²) in [5.41, 5.74) is 0.417. The zero-order chi connectivity index (χ0) is 21.8. The molecule has 1 aliphatic rings. The van der Waals surface area contributed by atoms with Crippen molar-refractivity contribution in [3.8, 4) is 0 Å². The van der Waals surface area contributed by atoms with Gasteiger partial charge in [-0.25, -0.2) is 8.78 Å². The fourth-order valence-corrected chi connectivity index (χ4v) is 3.45. The van der Waals surface area contributed by atoms with Crippen LogP contribution in [0, 0.1) is 27.7 Å². The van der Waals surface area contributed by atoms with Crippen LogP contribution in [0.5, 0.6) is 0 Å². The number of carbonyl (C=O) groups excluding carboxylic acids is 2. The minimum atomic E-state index is -1.15. The molecule has 0 bridgehead atoms. The number of hydrogen-bond donors (Lipinski definition) is 0. The van der Waals surface area contributed by atoms with Gasteiger partial charge in [0.1, 0.15) is 5.69 Å². The summed E-state index contributed by atoms with van der Waals surface area (Å²) >= 11 is 0. The molecule has 7 nitrogen and oxygen atoms in total. The summed E-state index contributed by atoms with van der Waals surface area (Å²) in [7, 11) is 0. The van der Waals surface area contributed by atoms with Gasteiger partial charge in [0.2, 0.25) is 5.78 Å². The number of halogens is 2. The molecule has 2 aromatic carbocycles. The number of esters is 1. The minimum absolute atomic E-state index is 0.00396. The van der Waals surface area contributed by atoms with Gasteiger partial charge >= 0.3 is 5.97 Å². The summed E-state index contributed by atoms with van der Waals surface area (Å²) in [5, 5.41) is 11.2. The number of nitrogens with zero attached hydrogens (tertiary/aromatic N) is 2. The zero-order valence-electron chi connectivity index (χ0n) is 16.2. The Balaban J connectivity index is 1.58. The van der Waals surface area contributed by atoms with Gasteiger partial charge in [-0.05, 0) is 44.0 Å². The number of nitro groups is 1. The lowest BCUT2D eigenvalue weighted by Gasteiger charge is -2.32. The molecule has 1 heterocycles. The van der Waals surface area contributed by atoms with Crippen LogP contribution < -0.4 is 4.90 Å².